The molecule has 2 heterocycles. The first-order chi connectivity index (χ1) is 10.6. The first-order valence-electron chi connectivity index (χ1n) is 6.59. The minimum atomic E-state index is -1.19. The lowest BCUT2D eigenvalue weighted by Crippen LogP contribution is -2.32. The Morgan fingerprint density at radius 2 is 2.14 bits per heavy atom. The van der Waals surface area contributed by atoms with E-state index in [1.54, 1.807) is 37.3 Å². The number of hydrogen-bond donors (Lipinski definition) is 3. The topological polar surface area (TPSA) is 113 Å². The molecule has 0 aliphatic heterocycles. The van der Waals surface area contributed by atoms with Crippen LogP contribution in [0, 0.1) is 0 Å². The zero-order chi connectivity index (χ0) is 15.7. The van der Waals surface area contributed by atoms with Crippen molar-refractivity contribution < 1.29 is 9.90 Å². The minimum Gasteiger partial charge on any atom is -0.465 e. The van der Waals surface area contributed by atoms with E-state index in [1.807, 2.05) is 0 Å². The molecule has 112 valence electrons. The Morgan fingerprint density at radius 3 is 2.82 bits per heavy atom. The van der Waals surface area contributed by atoms with Gasteiger partial charge in [0.25, 0.3) is 5.56 Å². The Labute approximate surface area is 124 Å². The van der Waals surface area contributed by atoms with Gasteiger partial charge in [-0.2, -0.15) is 5.10 Å². The van der Waals surface area contributed by atoms with E-state index < -0.39 is 12.1 Å². The van der Waals surface area contributed by atoms with E-state index in [9.17, 15) is 9.59 Å². The average Bonchev–Trinajstić information content (AvgIpc) is 3.00. The highest BCUT2D eigenvalue weighted by molar-refractivity contribution is 5.77. The van der Waals surface area contributed by atoms with Crippen LogP contribution in [-0.2, 0) is 0 Å². The summed E-state index contributed by atoms with van der Waals surface area (Å²) in [5.41, 5.74) is 0.223. The SMILES string of the molecule is CC(NC(=O)O)c1nc2ccccc2c(=O)n1-c1ccn[nH]1. The number of hydrogen-bond acceptors (Lipinski definition) is 4. The van der Waals surface area contributed by atoms with Gasteiger partial charge in [0.1, 0.15) is 11.6 Å². The van der Waals surface area contributed by atoms with Gasteiger partial charge in [-0.25, -0.2) is 14.3 Å². The number of carboxylic acid groups (broad SMARTS) is 1. The number of H-pyrrole nitrogens is 1. The fourth-order valence-electron chi connectivity index (χ4n) is 2.30. The predicted molar refractivity (Wildman–Crippen MR) is 79.1 cm³/mol. The van der Waals surface area contributed by atoms with Crippen LogP contribution in [0.4, 0.5) is 4.79 Å². The number of benzene rings is 1. The summed E-state index contributed by atoms with van der Waals surface area (Å²) in [5.74, 6) is 0.715. The van der Waals surface area contributed by atoms with Crippen LogP contribution in [0.5, 0.6) is 0 Å². The van der Waals surface area contributed by atoms with E-state index in [2.05, 4.69) is 20.5 Å². The lowest BCUT2D eigenvalue weighted by molar-refractivity contribution is 0.190. The van der Waals surface area contributed by atoms with Gasteiger partial charge in [-0.1, -0.05) is 12.1 Å². The fraction of sp³-hybridized carbons (Fsp3) is 0.143. The van der Waals surface area contributed by atoms with Crippen molar-refractivity contribution in [3.8, 4) is 5.82 Å². The van der Waals surface area contributed by atoms with Crippen molar-refractivity contribution in [3.05, 3.63) is 52.7 Å². The maximum atomic E-state index is 12.7. The molecule has 0 saturated carbocycles. The second kappa shape index (κ2) is 5.32. The molecule has 1 unspecified atom stereocenters. The summed E-state index contributed by atoms with van der Waals surface area (Å²) in [6.07, 6.45) is 0.321. The van der Waals surface area contributed by atoms with Crippen molar-refractivity contribution in [2.75, 3.05) is 0 Å². The molecule has 3 rings (SSSR count). The number of rotatable bonds is 3. The Morgan fingerprint density at radius 1 is 1.36 bits per heavy atom. The molecule has 1 amide bonds. The molecule has 8 nitrogen and oxygen atoms in total. The normalized spacial score (nSPS) is 12.2. The van der Waals surface area contributed by atoms with Gasteiger partial charge in [-0.3, -0.25) is 9.89 Å². The van der Waals surface area contributed by atoms with Gasteiger partial charge in [-0.05, 0) is 19.1 Å². The van der Waals surface area contributed by atoms with Gasteiger partial charge in [0.2, 0.25) is 0 Å². The summed E-state index contributed by atoms with van der Waals surface area (Å²) in [5, 5.41) is 18.2. The molecule has 0 spiro atoms. The molecule has 1 atom stereocenters. The largest absolute Gasteiger partial charge is 0.465 e. The smallest absolute Gasteiger partial charge is 0.405 e. The molecule has 3 N–H and O–H groups in total. The number of aromatic nitrogens is 4. The third-order valence-corrected chi connectivity index (χ3v) is 3.26. The molecule has 0 saturated heterocycles. The summed E-state index contributed by atoms with van der Waals surface area (Å²) in [6.45, 7) is 1.62. The van der Waals surface area contributed by atoms with E-state index in [-0.39, 0.29) is 11.4 Å². The average molecular weight is 299 g/mol. The van der Waals surface area contributed by atoms with E-state index in [1.165, 1.54) is 10.8 Å². The third-order valence-electron chi connectivity index (χ3n) is 3.26. The summed E-state index contributed by atoms with van der Waals surface area (Å²) in [4.78, 5) is 28.1. The quantitative estimate of drug-likeness (QED) is 0.677. The van der Waals surface area contributed by atoms with Gasteiger partial charge >= 0.3 is 6.09 Å². The van der Waals surface area contributed by atoms with Crippen LogP contribution < -0.4 is 10.9 Å². The van der Waals surface area contributed by atoms with Gasteiger partial charge in [0, 0.05) is 6.07 Å². The summed E-state index contributed by atoms with van der Waals surface area (Å²) < 4.78 is 1.33. The van der Waals surface area contributed by atoms with Crippen LogP contribution in [0.2, 0.25) is 0 Å². The van der Waals surface area contributed by atoms with Crippen molar-refractivity contribution in [1.82, 2.24) is 25.1 Å². The minimum absolute atomic E-state index is 0.287. The molecule has 22 heavy (non-hydrogen) atoms. The Balaban J connectivity index is 2.31. The molecule has 0 aliphatic carbocycles. The highest BCUT2D eigenvalue weighted by Gasteiger charge is 2.19. The Bertz CT molecular complexity index is 885. The van der Waals surface area contributed by atoms with Crippen molar-refractivity contribution in [2.24, 2.45) is 0 Å². The number of para-hydroxylation sites is 1. The van der Waals surface area contributed by atoms with Crippen molar-refractivity contribution in [2.45, 2.75) is 13.0 Å². The molecule has 0 fully saturated rings. The van der Waals surface area contributed by atoms with E-state index in [0.29, 0.717) is 16.7 Å². The first-order valence-corrected chi connectivity index (χ1v) is 6.59. The zero-order valence-corrected chi connectivity index (χ0v) is 11.6. The van der Waals surface area contributed by atoms with Gasteiger partial charge < -0.3 is 10.4 Å². The number of fused-ring (bicyclic) bond motifs is 1. The monoisotopic (exact) mass is 299 g/mol. The zero-order valence-electron chi connectivity index (χ0n) is 11.6. The summed E-state index contributed by atoms with van der Waals surface area (Å²) in [7, 11) is 0. The van der Waals surface area contributed by atoms with Crippen LogP contribution in [0.15, 0.2) is 41.3 Å². The predicted octanol–water partition coefficient (Wildman–Crippen LogP) is 1.44. The lowest BCUT2D eigenvalue weighted by atomic mass is 10.2. The maximum Gasteiger partial charge on any atom is 0.405 e. The standard InChI is InChI=1S/C14H13N5O3/c1-8(16-14(21)22)12-17-10-5-3-2-4-9(10)13(20)19(12)11-6-7-15-18-11/h2-8,16H,1H3,(H,15,18)(H,21,22). The number of aromatic amines is 1. The molecule has 2 aromatic heterocycles. The molecule has 0 bridgehead atoms. The van der Waals surface area contributed by atoms with Crippen LogP contribution >= 0.6 is 0 Å². The third kappa shape index (κ3) is 2.30. The van der Waals surface area contributed by atoms with Gasteiger partial charge in [0.05, 0.1) is 23.1 Å². The van der Waals surface area contributed by atoms with Crippen LogP contribution in [0.25, 0.3) is 16.7 Å². The summed E-state index contributed by atoms with van der Waals surface area (Å²) >= 11 is 0. The highest BCUT2D eigenvalue weighted by atomic mass is 16.4. The van der Waals surface area contributed by atoms with E-state index in [0.717, 1.165) is 0 Å². The van der Waals surface area contributed by atoms with Crippen LogP contribution in [0.1, 0.15) is 18.8 Å². The number of nitrogens with zero attached hydrogens (tertiary/aromatic N) is 3. The van der Waals surface area contributed by atoms with Crippen LogP contribution in [-0.4, -0.2) is 30.9 Å². The molecule has 0 radical (unpaired) electrons. The van der Waals surface area contributed by atoms with Crippen LogP contribution in [0.3, 0.4) is 0 Å². The highest BCUT2D eigenvalue weighted by Crippen LogP contribution is 2.16. The molecule has 0 aliphatic rings. The first kappa shape index (κ1) is 13.8. The second-order valence-electron chi connectivity index (χ2n) is 4.74. The fourth-order valence-corrected chi connectivity index (χ4v) is 2.30. The summed E-state index contributed by atoms with van der Waals surface area (Å²) in [6, 6.07) is 7.87. The Kier molecular flexibility index (Phi) is 3.34. The Hall–Kier alpha value is -3.16. The van der Waals surface area contributed by atoms with Crippen molar-refractivity contribution >= 4 is 17.0 Å². The second-order valence-corrected chi connectivity index (χ2v) is 4.74. The lowest BCUT2D eigenvalue weighted by Gasteiger charge is -2.17. The van der Waals surface area contributed by atoms with Crippen molar-refractivity contribution in [3.63, 3.8) is 0 Å². The van der Waals surface area contributed by atoms with E-state index >= 15 is 0 Å². The maximum absolute atomic E-state index is 12.7. The molecular formula is C14H13N5O3. The van der Waals surface area contributed by atoms with Crippen molar-refractivity contribution in [1.29, 1.82) is 0 Å². The molecule has 8 heteroatoms. The number of carbonyl (C=O) groups is 1. The van der Waals surface area contributed by atoms with E-state index in [4.69, 9.17) is 5.11 Å². The number of amides is 1. The molecular weight excluding hydrogens is 286 g/mol. The molecule has 1 aromatic carbocycles. The number of nitrogens with one attached hydrogen (secondary N) is 2. The molecule has 3 aromatic rings. The van der Waals surface area contributed by atoms with Gasteiger partial charge in [-0.15, -0.1) is 0 Å². The van der Waals surface area contributed by atoms with Gasteiger partial charge in [0.15, 0.2) is 0 Å².